The summed E-state index contributed by atoms with van der Waals surface area (Å²) in [6, 6.07) is 9.02. The van der Waals surface area contributed by atoms with Crippen LogP contribution in [0.5, 0.6) is 0 Å². The first kappa shape index (κ1) is 24.5. The minimum absolute atomic E-state index is 0.0160. The molecule has 0 aromatic heterocycles. The van der Waals surface area contributed by atoms with Crippen molar-refractivity contribution in [1.29, 1.82) is 0 Å². The molecular weight excluding hydrogens is 450 g/mol. The summed E-state index contributed by atoms with van der Waals surface area (Å²) >= 11 is 1.64. The van der Waals surface area contributed by atoms with Gasteiger partial charge in [0, 0.05) is 38.5 Å². The standard InChI is InChI=1S/C26H33N3O4S/c1-4-13-27(3)23(31)20-19-11-12-26(34-19)21(20)24(32)29(15-16-30)22(26)25(33)28(14-5-2)17-18-9-7-6-8-10-18/h4-10,19-22,30H,1-2,11-17H2,3H3/t19-,20+,21-,22?,26?/m0/s1. The second-order valence-corrected chi connectivity index (χ2v) is 10.9. The Balaban J connectivity index is 1.69. The van der Waals surface area contributed by atoms with Crippen LogP contribution in [-0.2, 0) is 20.9 Å². The van der Waals surface area contributed by atoms with Crippen LogP contribution in [0.15, 0.2) is 55.6 Å². The Kier molecular flexibility index (Phi) is 7.19. The molecule has 3 heterocycles. The van der Waals surface area contributed by atoms with Gasteiger partial charge >= 0.3 is 0 Å². The molecule has 3 fully saturated rings. The van der Waals surface area contributed by atoms with Crippen molar-refractivity contribution in [2.45, 2.75) is 35.4 Å². The van der Waals surface area contributed by atoms with Gasteiger partial charge in [-0.25, -0.2) is 0 Å². The van der Waals surface area contributed by atoms with Crippen molar-refractivity contribution < 1.29 is 19.5 Å². The monoisotopic (exact) mass is 483 g/mol. The molecular formula is C26H33N3O4S. The number of carbonyl (C=O) groups excluding carboxylic acids is 3. The number of hydrogen-bond acceptors (Lipinski definition) is 5. The second kappa shape index (κ2) is 9.96. The minimum Gasteiger partial charge on any atom is -0.395 e. The maximum Gasteiger partial charge on any atom is 0.247 e. The molecule has 182 valence electrons. The molecule has 3 aliphatic heterocycles. The summed E-state index contributed by atoms with van der Waals surface area (Å²) in [5.41, 5.74) is 0.993. The van der Waals surface area contributed by atoms with Crippen molar-refractivity contribution in [3.8, 4) is 0 Å². The van der Waals surface area contributed by atoms with Crippen LogP contribution in [0, 0.1) is 11.8 Å². The SMILES string of the molecule is C=CCN(C)C(=O)[C@@H]1[C@@H]2CCC3(S2)C(C(=O)N(CC=C)Cc2ccccc2)N(CCO)C(=O)[C@H]13. The van der Waals surface area contributed by atoms with E-state index in [9.17, 15) is 19.5 Å². The lowest BCUT2D eigenvalue weighted by molar-refractivity contribution is -0.144. The van der Waals surface area contributed by atoms with E-state index in [0.717, 1.165) is 12.0 Å². The van der Waals surface area contributed by atoms with Gasteiger partial charge < -0.3 is 19.8 Å². The number of likely N-dealkylation sites (N-methyl/N-ethyl adjacent to an activating group) is 1. The summed E-state index contributed by atoms with van der Waals surface area (Å²) in [7, 11) is 1.73. The normalized spacial score (nSPS) is 29.1. The predicted octanol–water partition coefficient (Wildman–Crippen LogP) is 1.93. The van der Waals surface area contributed by atoms with Gasteiger partial charge in [0.25, 0.3) is 0 Å². The summed E-state index contributed by atoms with van der Waals surface area (Å²) in [4.78, 5) is 46.1. The fourth-order valence-corrected chi connectivity index (χ4v) is 8.17. The van der Waals surface area contributed by atoms with Crippen LogP contribution in [0.2, 0.25) is 0 Å². The smallest absolute Gasteiger partial charge is 0.247 e. The quantitative estimate of drug-likeness (QED) is 0.515. The molecule has 1 aromatic rings. The highest BCUT2D eigenvalue weighted by molar-refractivity contribution is 8.02. The van der Waals surface area contributed by atoms with Gasteiger partial charge in [-0.15, -0.1) is 24.9 Å². The van der Waals surface area contributed by atoms with E-state index in [1.807, 2.05) is 30.3 Å². The summed E-state index contributed by atoms with van der Waals surface area (Å²) in [6.45, 7) is 8.56. The van der Waals surface area contributed by atoms with Crippen molar-refractivity contribution in [3.05, 3.63) is 61.2 Å². The first-order chi connectivity index (χ1) is 16.4. The topological polar surface area (TPSA) is 81.2 Å². The molecule has 5 atom stereocenters. The van der Waals surface area contributed by atoms with E-state index in [1.165, 1.54) is 4.90 Å². The average molecular weight is 484 g/mol. The minimum atomic E-state index is -0.710. The van der Waals surface area contributed by atoms with E-state index < -0.39 is 22.6 Å². The van der Waals surface area contributed by atoms with Gasteiger partial charge in [0.15, 0.2) is 0 Å². The molecule has 2 bridgehead atoms. The molecule has 0 aliphatic carbocycles. The number of benzene rings is 1. The van der Waals surface area contributed by atoms with Crippen molar-refractivity contribution in [2.24, 2.45) is 11.8 Å². The van der Waals surface area contributed by atoms with Crippen molar-refractivity contribution in [3.63, 3.8) is 0 Å². The van der Waals surface area contributed by atoms with E-state index in [-0.39, 0.29) is 36.1 Å². The number of aliphatic hydroxyl groups excluding tert-OH is 1. The van der Waals surface area contributed by atoms with Gasteiger partial charge in [0.2, 0.25) is 17.7 Å². The van der Waals surface area contributed by atoms with Gasteiger partial charge in [0.05, 0.1) is 23.2 Å². The zero-order valence-corrected chi connectivity index (χ0v) is 20.5. The van der Waals surface area contributed by atoms with Crippen LogP contribution >= 0.6 is 11.8 Å². The molecule has 1 N–H and O–H groups in total. The maximum atomic E-state index is 14.1. The number of likely N-dealkylation sites (tertiary alicyclic amines) is 1. The van der Waals surface area contributed by atoms with Crippen LogP contribution in [0.25, 0.3) is 0 Å². The third-order valence-electron chi connectivity index (χ3n) is 7.32. The van der Waals surface area contributed by atoms with Gasteiger partial charge in [0.1, 0.15) is 6.04 Å². The van der Waals surface area contributed by atoms with E-state index >= 15 is 0 Å². The fraction of sp³-hybridized carbons (Fsp3) is 0.500. The number of amides is 3. The lowest BCUT2D eigenvalue weighted by atomic mass is 9.70. The number of fused-ring (bicyclic) bond motifs is 1. The Morgan fingerprint density at radius 2 is 1.91 bits per heavy atom. The van der Waals surface area contributed by atoms with E-state index in [2.05, 4.69) is 13.2 Å². The number of aliphatic hydroxyl groups is 1. The first-order valence-electron chi connectivity index (χ1n) is 11.8. The van der Waals surface area contributed by atoms with Gasteiger partial charge in [-0.05, 0) is 18.4 Å². The number of thioether (sulfide) groups is 1. The van der Waals surface area contributed by atoms with Crippen molar-refractivity contribution in [1.82, 2.24) is 14.7 Å². The Bertz CT molecular complexity index is 970. The molecule has 1 aromatic carbocycles. The van der Waals surface area contributed by atoms with E-state index in [4.69, 9.17) is 0 Å². The van der Waals surface area contributed by atoms with Gasteiger partial charge in [-0.2, -0.15) is 0 Å². The zero-order chi connectivity index (χ0) is 24.5. The fourth-order valence-electron chi connectivity index (χ4n) is 5.97. The second-order valence-electron chi connectivity index (χ2n) is 9.31. The zero-order valence-electron chi connectivity index (χ0n) is 19.6. The van der Waals surface area contributed by atoms with Gasteiger partial charge in [-0.3, -0.25) is 14.4 Å². The average Bonchev–Trinajstić information content (AvgIpc) is 3.47. The Hall–Kier alpha value is -2.58. The molecule has 2 unspecified atom stereocenters. The molecule has 7 nitrogen and oxygen atoms in total. The predicted molar refractivity (Wildman–Crippen MR) is 133 cm³/mol. The number of nitrogens with zero attached hydrogens (tertiary/aromatic N) is 3. The number of carbonyl (C=O) groups is 3. The molecule has 3 amide bonds. The highest BCUT2D eigenvalue weighted by Crippen LogP contribution is 2.66. The summed E-state index contributed by atoms with van der Waals surface area (Å²) < 4.78 is -0.653. The number of β-amino-alcohol motifs (C(OH)–C–C–N with tert-alkyl or cyclic N) is 1. The molecule has 0 radical (unpaired) electrons. The molecule has 34 heavy (non-hydrogen) atoms. The Morgan fingerprint density at radius 1 is 1.21 bits per heavy atom. The van der Waals surface area contributed by atoms with Crippen LogP contribution < -0.4 is 0 Å². The molecule has 4 rings (SSSR count). The third-order valence-corrected chi connectivity index (χ3v) is 9.27. The lowest BCUT2D eigenvalue weighted by Crippen LogP contribution is -2.55. The highest BCUT2D eigenvalue weighted by atomic mass is 32.2. The largest absolute Gasteiger partial charge is 0.395 e. The molecule has 3 aliphatic rings. The van der Waals surface area contributed by atoms with Crippen molar-refractivity contribution in [2.75, 3.05) is 33.3 Å². The van der Waals surface area contributed by atoms with Crippen LogP contribution in [0.4, 0.5) is 0 Å². The van der Waals surface area contributed by atoms with Crippen molar-refractivity contribution >= 4 is 29.5 Å². The summed E-state index contributed by atoms with van der Waals surface area (Å²) in [6.07, 6.45) is 4.87. The Labute approximate surface area is 205 Å². The maximum absolute atomic E-state index is 14.1. The summed E-state index contributed by atoms with van der Waals surface area (Å²) in [5, 5.41) is 9.77. The molecule has 1 spiro atoms. The lowest BCUT2D eigenvalue weighted by Gasteiger charge is -2.37. The van der Waals surface area contributed by atoms with E-state index in [1.54, 1.807) is 40.8 Å². The molecule has 8 heteroatoms. The van der Waals surface area contributed by atoms with Crippen LogP contribution in [0.3, 0.4) is 0 Å². The van der Waals surface area contributed by atoms with Crippen LogP contribution in [0.1, 0.15) is 18.4 Å². The molecule has 0 saturated carbocycles. The van der Waals surface area contributed by atoms with E-state index in [0.29, 0.717) is 26.1 Å². The van der Waals surface area contributed by atoms with Crippen LogP contribution in [-0.4, -0.2) is 86.9 Å². The summed E-state index contributed by atoms with van der Waals surface area (Å²) in [5.74, 6) is -1.42. The third kappa shape index (κ3) is 3.96. The Morgan fingerprint density at radius 3 is 2.56 bits per heavy atom. The first-order valence-corrected chi connectivity index (χ1v) is 12.7. The number of rotatable bonds is 10. The highest BCUT2D eigenvalue weighted by Gasteiger charge is 2.73. The van der Waals surface area contributed by atoms with Gasteiger partial charge in [-0.1, -0.05) is 42.5 Å². The molecule has 3 saturated heterocycles. The number of hydrogen-bond donors (Lipinski definition) is 1.